The average molecular weight is 491 g/mol. The van der Waals surface area contributed by atoms with Gasteiger partial charge in [0.2, 0.25) is 10.0 Å². The van der Waals surface area contributed by atoms with Crippen molar-refractivity contribution in [2.45, 2.75) is 51.5 Å². The summed E-state index contributed by atoms with van der Waals surface area (Å²) in [5.74, 6) is -0.377. The maximum Gasteiger partial charge on any atom is 0.252 e. The zero-order chi connectivity index (χ0) is 24.5. The molecule has 0 saturated heterocycles. The molecule has 8 heteroatoms. The normalized spacial score (nSPS) is 19.2. The lowest BCUT2D eigenvalue weighted by Crippen LogP contribution is -2.48. The summed E-state index contributed by atoms with van der Waals surface area (Å²) in [6.07, 6.45) is 12.3. The standard InChI is InChI=1S/C18H22N2O4S.C7H9Cl/c1-13-16(18(20-25(13,23)24)9-5-2-6-10-18)11-19-17(22)15-8-4-3-7-14(15)12-21;1-3-4-5-6-7(2)8/h3-4,7-8,12,20H,2,5-6,9-11H2,1H3,(H,19,22);3-6H,1H2,2H3/b;5-4-,7-6+. The van der Waals surface area contributed by atoms with Crippen LogP contribution < -0.4 is 10.0 Å². The van der Waals surface area contributed by atoms with Gasteiger partial charge >= 0.3 is 0 Å². The average Bonchev–Trinajstić information content (AvgIpc) is 2.97. The number of nitrogens with one attached hydrogen (secondary N) is 2. The number of amides is 1. The number of aldehydes is 1. The van der Waals surface area contributed by atoms with Crippen molar-refractivity contribution in [1.82, 2.24) is 10.0 Å². The van der Waals surface area contributed by atoms with E-state index in [1.54, 1.807) is 37.3 Å². The lowest BCUT2D eigenvalue weighted by molar-refractivity contribution is 0.0949. The van der Waals surface area contributed by atoms with Gasteiger partial charge in [-0.1, -0.05) is 73.9 Å². The Bertz CT molecular complexity index is 1080. The molecule has 2 N–H and O–H groups in total. The summed E-state index contributed by atoms with van der Waals surface area (Å²) in [7, 11) is -3.49. The van der Waals surface area contributed by atoms with Gasteiger partial charge in [-0.25, -0.2) is 13.1 Å². The molecular weight excluding hydrogens is 460 g/mol. The van der Waals surface area contributed by atoms with E-state index in [9.17, 15) is 18.0 Å². The monoisotopic (exact) mass is 490 g/mol. The second-order valence-corrected chi connectivity index (χ2v) is 10.5. The van der Waals surface area contributed by atoms with Crippen LogP contribution in [-0.4, -0.2) is 32.7 Å². The van der Waals surface area contributed by atoms with Gasteiger partial charge in [0.05, 0.1) is 10.4 Å². The first-order chi connectivity index (χ1) is 15.7. The molecule has 1 aromatic rings. The Balaban J connectivity index is 0.000000414. The number of benzene rings is 1. The van der Waals surface area contributed by atoms with Gasteiger partial charge in [0.15, 0.2) is 6.29 Å². The number of sulfonamides is 1. The summed E-state index contributed by atoms with van der Waals surface area (Å²) < 4.78 is 27.5. The zero-order valence-corrected chi connectivity index (χ0v) is 20.6. The van der Waals surface area contributed by atoms with Crippen LogP contribution in [0.25, 0.3) is 0 Å². The van der Waals surface area contributed by atoms with Crippen LogP contribution in [-0.2, 0) is 10.0 Å². The molecule has 33 heavy (non-hydrogen) atoms. The highest BCUT2D eigenvalue weighted by Gasteiger charge is 2.47. The van der Waals surface area contributed by atoms with Gasteiger partial charge in [-0.15, -0.1) is 0 Å². The van der Waals surface area contributed by atoms with Gasteiger partial charge in [-0.05, 0) is 44.4 Å². The van der Waals surface area contributed by atoms with Crippen LogP contribution in [0.5, 0.6) is 0 Å². The zero-order valence-electron chi connectivity index (χ0n) is 19.1. The maximum absolute atomic E-state index is 12.5. The number of halogens is 1. The fourth-order valence-electron chi connectivity index (χ4n) is 4.08. The molecule has 0 unspecified atom stereocenters. The number of carbonyl (C=O) groups excluding carboxylic acids is 2. The predicted octanol–water partition coefficient (Wildman–Crippen LogP) is 5.01. The minimum atomic E-state index is -3.49. The van der Waals surface area contributed by atoms with Crippen LogP contribution in [0.4, 0.5) is 0 Å². The van der Waals surface area contributed by atoms with E-state index in [1.807, 2.05) is 25.2 Å². The summed E-state index contributed by atoms with van der Waals surface area (Å²) >= 11 is 5.49. The molecule has 1 heterocycles. The Hall–Kier alpha value is -2.48. The molecule has 1 aliphatic carbocycles. The molecule has 1 saturated carbocycles. The molecule has 0 bridgehead atoms. The molecule has 1 spiro atoms. The van der Waals surface area contributed by atoms with Crippen LogP contribution >= 0.6 is 11.6 Å². The predicted molar refractivity (Wildman–Crippen MR) is 134 cm³/mol. The van der Waals surface area contributed by atoms with Crippen molar-refractivity contribution in [3.05, 3.63) is 81.8 Å². The number of allylic oxidation sites excluding steroid dienone is 6. The third-order valence-corrected chi connectivity index (χ3v) is 7.61. The molecule has 1 fully saturated rings. The van der Waals surface area contributed by atoms with E-state index >= 15 is 0 Å². The van der Waals surface area contributed by atoms with Crippen molar-refractivity contribution in [3.8, 4) is 0 Å². The topological polar surface area (TPSA) is 92.3 Å². The number of hydrogen-bond acceptors (Lipinski definition) is 4. The number of carbonyl (C=O) groups is 2. The SMILES string of the molecule is C=C/C=C\C=C(/C)Cl.CC1=C(CNC(=O)c2ccccc2C=O)C2(CCCCC2)NS1(=O)=O. The Labute approximate surface area is 201 Å². The van der Waals surface area contributed by atoms with E-state index in [-0.39, 0.29) is 12.5 Å². The fraction of sp³-hybridized carbons (Fsp3) is 0.360. The maximum atomic E-state index is 12.5. The minimum Gasteiger partial charge on any atom is -0.348 e. The van der Waals surface area contributed by atoms with E-state index in [1.165, 1.54) is 0 Å². The van der Waals surface area contributed by atoms with E-state index in [0.717, 1.165) is 42.7 Å². The number of hydrogen-bond donors (Lipinski definition) is 2. The molecule has 0 atom stereocenters. The summed E-state index contributed by atoms with van der Waals surface area (Å²) in [5, 5.41) is 3.58. The van der Waals surface area contributed by atoms with E-state index in [2.05, 4.69) is 16.6 Å². The minimum absolute atomic E-state index is 0.157. The first-order valence-electron chi connectivity index (χ1n) is 10.8. The van der Waals surface area contributed by atoms with Gasteiger partial charge in [0.25, 0.3) is 5.91 Å². The largest absolute Gasteiger partial charge is 0.348 e. The van der Waals surface area contributed by atoms with Crippen molar-refractivity contribution in [3.63, 3.8) is 0 Å². The quantitative estimate of drug-likeness (QED) is 0.433. The fourth-order valence-corrected chi connectivity index (χ4v) is 5.74. The highest BCUT2D eigenvalue weighted by molar-refractivity contribution is 7.93. The molecule has 1 amide bonds. The van der Waals surface area contributed by atoms with Crippen molar-refractivity contribution in [2.75, 3.05) is 6.54 Å². The van der Waals surface area contributed by atoms with E-state index in [0.29, 0.717) is 22.3 Å². The molecule has 2 aliphatic rings. The Morgan fingerprint density at radius 1 is 1.21 bits per heavy atom. The molecule has 3 rings (SSSR count). The lowest BCUT2D eigenvalue weighted by atomic mass is 9.77. The molecule has 6 nitrogen and oxygen atoms in total. The smallest absolute Gasteiger partial charge is 0.252 e. The summed E-state index contributed by atoms with van der Waals surface area (Å²) in [6.45, 7) is 7.07. The van der Waals surface area contributed by atoms with E-state index in [4.69, 9.17) is 11.6 Å². The highest BCUT2D eigenvalue weighted by atomic mass is 35.5. The first-order valence-corrected chi connectivity index (χ1v) is 12.7. The van der Waals surface area contributed by atoms with Crippen LogP contribution in [0.1, 0.15) is 66.7 Å². The van der Waals surface area contributed by atoms with Crippen molar-refractivity contribution in [1.29, 1.82) is 0 Å². The molecule has 178 valence electrons. The van der Waals surface area contributed by atoms with Crippen molar-refractivity contribution in [2.24, 2.45) is 0 Å². The Morgan fingerprint density at radius 3 is 2.48 bits per heavy atom. The van der Waals surface area contributed by atoms with Crippen LogP contribution in [0, 0.1) is 0 Å². The second-order valence-electron chi connectivity index (χ2n) is 8.04. The van der Waals surface area contributed by atoms with Crippen LogP contribution in [0.3, 0.4) is 0 Å². The summed E-state index contributed by atoms with van der Waals surface area (Å²) in [6, 6.07) is 6.55. The van der Waals surface area contributed by atoms with Crippen LogP contribution in [0.2, 0.25) is 0 Å². The lowest BCUT2D eigenvalue weighted by Gasteiger charge is -2.35. The molecule has 1 aliphatic heterocycles. The molecular formula is C25H31ClN2O4S. The van der Waals surface area contributed by atoms with Gasteiger partial charge < -0.3 is 5.32 Å². The van der Waals surface area contributed by atoms with Gasteiger partial charge in [-0.2, -0.15) is 0 Å². The highest BCUT2D eigenvalue weighted by Crippen LogP contribution is 2.41. The molecule has 0 radical (unpaired) electrons. The first kappa shape index (κ1) is 26.8. The van der Waals surface area contributed by atoms with Crippen LogP contribution in [0.15, 0.2) is 70.7 Å². The van der Waals surface area contributed by atoms with Gasteiger partial charge in [0.1, 0.15) is 0 Å². The molecule has 1 aromatic carbocycles. The Morgan fingerprint density at radius 2 is 1.88 bits per heavy atom. The summed E-state index contributed by atoms with van der Waals surface area (Å²) in [4.78, 5) is 23.9. The second kappa shape index (κ2) is 12.1. The number of rotatable bonds is 6. The third kappa shape index (κ3) is 7.00. The third-order valence-electron chi connectivity index (χ3n) is 5.77. The summed E-state index contributed by atoms with van der Waals surface area (Å²) in [5.41, 5.74) is 0.778. The molecule has 0 aromatic heterocycles. The van der Waals surface area contributed by atoms with Gasteiger partial charge in [0, 0.05) is 22.7 Å². The Kier molecular flexibility index (Phi) is 9.83. The van der Waals surface area contributed by atoms with E-state index < -0.39 is 15.6 Å². The van der Waals surface area contributed by atoms with Gasteiger partial charge in [-0.3, -0.25) is 9.59 Å². The van der Waals surface area contributed by atoms with Crippen molar-refractivity contribution >= 4 is 33.8 Å². The van der Waals surface area contributed by atoms with Crippen molar-refractivity contribution < 1.29 is 18.0 Å².